The number of nitrogens with zero attached hydrogens (tertiary/aromatic N) is 4. The molecular formula is C62H50N4OPt. The molecule has 0 N–H and O–H groups in total. The summed E-state index contributed by atoms with van der Waals surface area (Å²) in [6.45, 7) is 4.53. The molecule has 5 nitrogen and oxygen atoms in total. The first-order valence-electron chi connectivity index (χ1n) is 24.8. The maximum Gasteiger partial charge on any atom is 0.0374 e. The number of para-hydroxylation sites is 3. The number of fused-ring (bicyclic) bond motifs is 5. The van der Waals surface area contributed by atoms with Gasteiger partial charge in [0.2, 0.25) is 0 Å². The fraction of sp³-hybridized carbons (Fsp3) is 0.129. The molecule has 3 aromatic heterocycles. The van der Waals surface area contributed by atoms with Crippen molar-refractivity contribution in [2.24, 2.45) is 0 Å². The Hall–Kier alpha value is -7.33. The molecule has 0 radical (unpaired) electrons. The van der Waals surface area contributed by atoms with E-state index < -0.39 is 6.85 Å². The zero-order valence-corrected chi connectivity index (χ0v) is 40.3. The van der Waals surface area contributed by atoms with Gasteiger partial charge >= 0.3 is 315 Å². The number of hydrogen-bond acceptors (Lipinski definition) is 2. The number of imidazole rings is 1. The summed E-state index contributed by atoms with van der Waals surface area (Å²) in [5, 5.41) is 2.06. The van der Waals surface area contributed by atoms with E-state index in [-0.39, 0.29) is 17.0 Å². The fourth-order valence-corrected chi connectivity index (χ4v) is 11.5. The molecule has 1 aliphatic carbocycles. The van der Waals surface area contributed by atoms with E-state index in [0.29, 0.717) is 17.1 Å². The molecule has 0 saturated heterocycles. The molecule has 1 unspecified atom stereocenters. The van der Waals surface area contributed by atoms with Crippen molar-refractivity contribution in [3.8, 4) is 56.4 Å². The van der Waals surface area contributed by atoms with Gasteiger partial charge in [0, 0.05) is 15.9 Å². The quantitative estimate of drug-likeness (QED) is 0.152. The second kappa shape index (κ2) is 16.8. The van der Waals surface area contributed by atoms with Gasteiger partial charge in [-0.2, -0.15) is 0 Å². The van der Waals surface area contributed by atoms with Crippen LogP contribution in [0.4, 0.5) is 0 Å². The summed E-state index contributed by atoms with van der Waals surface area (Å²) in [5.74, 6) is 1.96. The van der Waals surface area contributed by atoms with E-state index in [2.05, 4.69) is 187 Å². The van der Waals surface area contributed by atoms with Gasteiger partial charge in [0.15, 0.2) is 0 Å². The predicted molar refractivity (Wildman–Crippen MR) is 276 cm³/mol. The smallest absolute Gasteiger partial charge is 0.0374 e. The van der Waals surface area contributed by atoms with E-state index in [1.54, 1.807) is 12.3 Å². The number of rotatable bonds is 8. The second-order valence-electron chi connectivity index (χ2n) is 18.8. The summed E-state index contributed by atoms with van der Waals surface area (Å²) in [4.78, 5) is 4.93. The Labute approximate surface area is 412 Å². The van der Waals surface area contributed by atoms with E-state index >= 15 is 0 Å². The predicted octanol–water partition coefficient (Wildman–Crippen LogP) is 15.9. The number of aryl methyl sites for hydroxylation is 2. The average molecular weight is 1070 g/mol. The first-order chi connectivity index (χ1) is 34.4. The molecule has 3 heterocycles. The summed E-state index contributed by atoms with van der Waals surface area (Å²) < 4.78 is 40.8. The van der Waals surface area contributed by atoms with Crippen LogP contribution in [0.25, 0.3) is 77.7 Å². The Balaban J connectivity index is 0.973. The Kier molecular flexibility index (Phi) is 9.55. The summed E-state index contributed by atoms with van der Waals surface area (Å²) in [6.07, 6.45) is 3.60. The number of pyridine rings is 1. The van der Waals surface area contributed by atoms with Crippen LogP contribution in [0.5, 0.6) is 11.5 Å². The van der Waals surface area contributed by atoms with Gasteiger partial charge in [-0.25, -0.2) is 4.98 Å². The summed E-state index contributed by atoms with van der Waals surface area (Å²) >= 11 is 2.57. The molecule has 0 spiro atoms. The van der Waals surface area contributed by atoms with Crippen LogP contribution in [-0.4, -0.2) is 18.7 Å². The van der Waals surface area contributed by atoms with Crippen LogP contribution in [0.15, 0.2) is 200 Å². The zero-order valence-electron chi connectivity index (χ0n) is 41.1. The Morgan fingerprint density at radius 2 is 1.15 bits per heavy atom. The number of hydrogen-bond donors (Lipinski definition) is 0. The van der Waals surface area contributed by atoms with Crippen molar-refractivity contribution in [1.82, 2.24) is 18.7 Å². The van der Waals surface area contributed by atoms with Crippen molar-refractivity contribution >= 4 is 32.8 Å². The SMILES string of the molecule is [2H]C([2H])([2H])c1cc(-n2c3ccccc3c3ccc(Oc4ccc5c(c4)C(n4[c](=[Pt])n(-c6c(-c7ccccc7)cc(C(C)(C)C)cc6-c6ccccc6)c6ccccc64)CC5)cc32)ncc1-c1ccccc1. The first kappa shape index (κ1) is 38.7. The number of ether oxygens (including phenoxy) is 1. The van der Waals surface area contributed by atoms with Crippen LogP contribution in [-0.2, 0) is 31.2 Å². The van der Waals surface area contributed by atoms with Crippen LogP contribution in [0, 0.1) is 10.7 Å². The van der Waals surface area contributed by atoms with E-state index in [4.69, 9.17) is 13.8 Å². The van der Waals surface area contributed by atoms with E-state index in [9.17, 15) is 0 Å². The molecule has 1 aliphatic rings. The van der Waals surface area contributed by atoms with Gasteiger partial charge < -0.3 is 0 Å². The third kappa shape index (κ3) is 7.20. The van der Waals surface area contributed by atoms with Crippen LogP contribution in [0.2, 0.25) is 0 Å². The van der Waals surface area contributed by atoms with Crippen molar-refractivity contribution < 1.29 is 28.2 Å². The van der Waals surface area contributed by atoms with Crippen molar-refractivity contribution in [2.45, 2.75) is 51.9 Å². The normalized spacial score (nSPS) is 14.5. The molecule has 68 heavy (non-hydrogen) atoms. The average Bonchev–Trinajstić information content (AvgIpc) is 4.04. The minimum atomic E-state index is -2.36. The van der Waals surface area contributed by atoms with Crippen LogP contribution in [0.3, 0.4) is 0 Å². The summed E-state index contributed by atoms with van der Waals surface area (Å²) in [5.41, 5.74) is 15.5. The Morgan fingerprint density at radius 1 is 0.574 bits per heavy atom. The topological polar surface area (TPSA) is 36.9 Å². The van der Waals surface area contributed by atoms with Gasteiger partial charge in [-0.15, -0.1) is 0 Å². The van der Waals surface area contributed by atoms with Crippen molar-refractivity contribution in [2.75, 3.05) is 0 Å². The van der Waals surface area contributed by atoms with Crippen LogP contribution in [0.1, 0.15) is 59.6 Å². The molecule has 0 fully saturated rings. The number of benzene rings is 8. The van der Waals surface area contributed by atoms with E-state index in [1.807, 2.05) is 54.6 Å². The van der Waals surface area contributed by atoms with Crippen molar-refractivity contribution in [1.29, 1.82) is 0 Å². The molecule has 0 bridgehead atoms. The molecule has 1 atom stereocenters. The van der Waals surface area contributed by atoms with Crippen LogP contribution >= 0.6 is 0 Å². The Morgan fingerprint density at radius 3 is 1.81 bits per heavy atom. The second-order valence-corrected chi connectivity index (χ2v) is 19.9. The first-order valence-corrected chi connectivity index (χ1v) is 24.4. The largest absolute Gasteiger partial charge is 0.238 e. The molecule has 8 aromatic carbocycles. The van der Waals surface area contributed by atoms with Crippen molar-refractivity contribution in [3.05, 3.63) is 226 Å². The zero-order chi connectivity index (χ0) is 48.6. The molecule has 0 aliphatic heterocycles. The van der Waals surface area contributed by atoms with Gasteiger partial charge in [-0.05, 0) is 30.1 Å². The molecular weight excluding hydrogens is 1010 g/mol. The minimum Gasteiger partial charge on any atom is -0.238 e. The standard InChI is InChI=1S/C62H50N4O.Pt/c1-41-34-60(63-39-54(41)44-22-12-7-13-23-44)66-56-25-15-14-24-49(56)50-32-31-48(38-59(50)66)67-47-30-28-45-29-33-55(51(45)37-47)64-40-65(58-27-17-16-26-57(58)64)61-52(42-18-8-5-9-19-42)35-46(62(2,3)4)36-53(61)43-20-10-6-11-21-43;/h5-28,30-32,34-39,55H,29,33H2,1-4H3;/i1D3;. The Bertz CT molecular complexity index is 3840. The van der Waals surface area contributed by atoms with Crippen LogP contribution < -0.4 is 4.74 Å². The number of aromatic nitrogens is 4. The maximum absolute atomic E-state index is 8.56. The van der Waals surface area contributed by atoms with Gasteiger partial charge in [-0.1, -0.05) is 48.5 Å². The molecule has 334 valence electrons. The van der Waals surface area contributed by atoms with Gasteiger partial charge in [-0.3, -0.25) is 0 Å². The summed E-state index contributed by atoms with van der Waals surface area (Å²) in [6, 6.07) is 67.6. The van der Waals surface area contributed by atoms with Crippen molar-refractivity contribution in [3.63, 3.8) is 0 Å². The third-order valence-electron chi connectivity index (χ3n) is 13.7. The molecule has 12 rings (SSSR count). The third-order valence-corrected chi connectivity index (χ3v) is 14.7. The van der Waals surface area contributed by atoms with E-state index in [1.165, 1.54) is 44.5 Å². The van der Waals surface area contributed by atoms with Gasteiger partial charge in [0.05, 0.1) is 0 Å². The maximum atomic E-state index is 8.56. The molecule has 0 amide bonds. The fourth-order valence-electron chi connectivity index (χ4n) is 10.3. The molecule has 6 heteroatoms. The molecule has 11 aromatic rings. The van der Waals surface area contributed by atoms with Gasteiger partial charge in [0.1, 0.15) is 0 Å². The minimum absolute atomic E-state index is 0.0590. The van der Waals surface area contributed by atoms with Gasteiger partial charge in [0.25, 0.3) is 0 Å². The van der Waals surface area contributed by atoms with E-state index in [0.717, 1.165) is 61.0 Å². The monoisotopic (exact) mass is 1060 g/mol. The summed E-state index contributed by atoms with van der Waals surface area (Å²) in [7, 11) is 0. The molecule has 0 saturated carbocycles.